The summed E-state index contributed by atoms with van der Waals surface area (Å²) in [6.45, 7) is 0. The van der Waals surface area contributed by atoms with Gasteiger partial charge in [-0.05, 0) is 0 Å². The molecule has 0 unspecified atom stereocenters. The van der Waals surface area contributed by atoms with Crippen LogP contribution in [0.2, 0.25) is 0 Å². The summed E-state index contributed by atoms with van der Waals surface area (Å²) in [6.07, 6.45) is 0. The SMILES string of the molecule is COC(=O)[C@@H]1[C@H](C(=O)OC)[C@H]2C(=O)[C@H]3[C@H](C(=O)OC)[C@H](C(=O)OC)[C@@H]3C(=O)[C@H]12. The van der Waals surface area contributed by atoms with Gasteiger partial charge >= 0.3 is 23.9 Å². The zero-order valence-electron chi connectivity index (χ0n) is 15.7. The van der Waals surface area contributed by atoms with Gasteiger partial charge in [0.15, 0.2) is 0 Å². The van der Waals surface area contributed by atoms with Crippen LogP contribution in [-0.4, -0.2) is 63.9 Å². The predicted molar refractivity (Wildman–Crippen MR) is 86.0 cm³/mol. The summed E-state index contributed by atoms with van der Waals surface area (Å²) >= 11 is 0. The monoisotopic (exact) mass is 396 g/mol. The molecular weight excluding hydrogens is 376 g/mol. The van der Waals surface area contributed by atoms with Gasteiger partial charge in [0.2, 0.25) is 0 Å². The maximum atomic E-state index is 13.1. The van der Waals surface area contributed by atoms with Gasteiger partial charge in [0.25, 0.3) is 0 Å². The number of Topliss-reactive ketones (excluding diaryl/α,β-unsaturated/α-hetero) is 2. The number of methoxy groups -OCH3 is 4. The quantitative estimate of drug-likeness (QED) is 0.420. The Morgan fingerprint density at radius 3 is 0.821 bits per heavy atom. The van der Waals surface area contributed by atoms with Gasteiger partial charge in [-0.2, -0.15) is 0 Å². The van der Waals surface area contributed by atoms with Crippen LogP contribution in [0.4, 0.5) is 0 Å². The molecule has 8 atom stereocenters. The third-order valence-corrected chi connectivity index (χ3v) is 6.30. The van der Waals surface area contributed by atoms with Gasteiger partial charge in [0.1, 0.15) is 11.6 Å². The summed E-state index contributed by atoms with van der Waals surface area (Å²) in [6, 6.07) is 0. The van der Waals surface area contributed by atoms with Crippen molar-refractivity contribution in [3.05, 3.63) is 0 Å². The Morgan fingerprint density at radius 1 is 0.500 bits per heavy atom. The molecule has 0 N–H and O–H groups in total. The van der Waals surface area contributed by atoms with Crippen molar-refractivity contribution < 1.29 is 47.7 Å². The van der Waals surface area contributed by atoms with Crippen molar-refractivity contribution in [3.8, 4) is 0 Å². The van der Waals surface area contributed by atoms with E-state index in [4.69, 9.17) is 0 Å². The van der Waals surface area contributed by atoms with E-state index in [1.807, 2.05) is 0 Å². The average molecular weight is 396 g/mol. The number of hydrogen-bond donors (Lipinski definition) is 0. The second kappa shape index (κ2) is 6.99. The summed E-state index contributed by atoms with van der Waals surface area (Å²) in [5.41, 5.74) is 0. The number of ketones is 2. The first kappa shape index (κ1) is 20.0. The molecule has 3 rings (SSSR count). The molecule has 0 aromatic rings. The highest BCUT2D eigenvalue weighted by Crippen LogP contribution is 2.62. The minimum Gasteiger partial charge on any atom is -0.469 e. The maximum absolute atomic E-state index is 13.1. The van der Waals surface area contributed by atoms with Crippen molar-refractivity contribution in [1.82, 2.24) is 0 Å². The highest BCUT2D eigenvalue weighted by molar-refractivity contribution is 6.12. The van der Waals surface area contributed by atoms with Gasteiger partial charge in [0, 0.05) is 23.7 Å². The van der Waals surface area contributed by atoms with Crippen LogP contribution in [0.5, 0.6) is 0 Å². The molecule has 0 saturated heterocycles. The number of hydrogen-bond acceptors (Lipinski definition) is 10. The standard InChI is InChI=1S/C18H20O10/c1-25-15(21)9-5-6(10(9)16(22)26-2)14(20)8-7(13(5)19)11(17(23)27-3)12(8)18(24)28-4/h5-12H,1-4H3/t5-,6-,7+,8+,9-,10+,11+,12-. The number of carbonyl (C=O) groups is 6. The molecule has 0 spiro atoms. The van der Waals surface area contributed by atoms with E-state index in [0.29, 0.717) is 0 Å². The van der Waals surface area contributed by atoms with Crippen LogP contribution >= 0.6 is 0 Å². The lowest BCUT2D eigenvalue weighted by Crippen LogP contribution is -2.73. The molecule has 3 aliphatic rings. The lowest BCUT2D eigenvalue weighted by molar-refractivity contribution is -0.208. The van der Waals surface area contributed by atoms with E-state index in [-0.39, 0.29) is 0 Å². The van der Waals surface area contributed by atoms with E-state index in [1.165, 1.54) is 0 Å². The minimum atomic E-state index is -1.17. The average Bonchev–Trinajstić information content (AvgIpc) is 2.64. The molecule has 10 heteroatoms. The Hall–Kier alpha value is -2.78. The lowest BCUT2D eigenvalue weighted by atomic mass is 9.39. The molecule has 0 aromatic heterocycles. The van der Waals surface area contributed by atoms with Crippen LogP contribution in [0, 0.1) is 47.3 Å². The van der Waals surface area contributed by atoms with E-state index in [9.17, 15) is 28.8 Å². The Morgan fingerprint density at radius 2 is 0.679 bits per heavy atom. The molecular formula is C18H20O10. The summed E-state index contributed by atoms with van der Waals surface area (Å²) in [7, 11) is 4.43. The molecule has 0 aliphatic heterocycles. The Kier molecular flexibility index (Phi) is 4.99. The van der Waals surface area contributed by atoms with Crippen molar-refractivity contribution in [2.24, 2.45) is 47.3 Å². The number of ether oxygens (including phenoxy) is 4. The Balaban J connectivity index is 2.02. The van der Waals surface area contributed by atoms with Crippen molar-refractivity contribution in [3.63, 3.8) is 0 Å². The van der Waals surface area contributed by atoms with Crippen LogP contribution in [0.15, 0.2) is 0 Å². The van der Waals surface area contributed by atoms with E-state index >= 15 is 0 Å². The first-order valence-corrected chi connectivity index (χ1v) is 8.65. The smallest absolute Gasteiger partial charge is 0.310 e. The molecule has 0 radical (unpaired) electrons. The second-order valence-electron chi connectivity index (χ2n) is 7.10. The number of esters is 4. The molecule has 0 amide bonds. The van der Waals surface area contributed by atoms with Gasteiger partial charge in [0.05, 0.1) is 52.1 Å². The van der Waals surface area contributed by atoms with Crippen molar-refractivity contribution in [1.29, 1.82) is 0 Å². The zero-order valence-corrected chi connectivity index (χ0v) is 15.7. The molecule has 28 heavy (non-hydrogen) atoms. The van der Waals surface area contributed by atoms with Crippen LogP contribution < -0.4 is 0 Å². The minimum absolute atomic E-state index is 0.527. The summed E-state index contributed by atoms with van der Waals surface area (Å²) in [4.78, 5) is 74.9. The fraction of sp³-hybridized carbons (Fsp3) is 0.667. The zero-order chi connectivity index (χ0) is 20.9. The number of carbonyl (C=O) groups excluding carboxylic acids is 6. The fourth-order valence-corrected chi connectivity index (χ4v) is 5.07. The third-order valence-electron chi connectivity index (χ3n) is 6.30. The van der Waals surface area contributed by atoms with Crippen LogP contribution in [0.3, 0.4) is 0 Å². The Labute approximate surface area is 159 Å². The van der Waals surface area contributed by atoms with Crippen LogP contribution in [0.1, 0.15) is 0 Å². The predicted octanol–water partition coefficient (Wildman–Crippen LogP) is -1.21. The lowest BCUT2D eigenvalue weighted by Gasteiger charge is -2.59. The molecule has 0 heterocycles. The molecule has 0 aromatic carbocycles. The third kappa shape index (κ3) is 2.39. The summed E-state index contributed by atoms with van der Waals surface area (Å²) in [5.74, 6) is -13.4. The first-order valence-electron chi connectivity index (χ1n) is 8.65. The van der Waals surface area contributed by atoms with Crippen LogP contribution in [0.25, 0.3) is 0 Å². The molecule has 3 aliphatic carbocycles. The fourth-order valence-electron chi connectivity index (χ4n) is 5.07. The van der Waals surface area contributed by atoms with Crippen molar-refractivity contribution in [2.75, 3.05) is 28.4 Å². The molecule has 0 bridgehead atoms. The second-order valence-corrected chi connectivity index (χ2v) is 7.10. The number of rotatable bonds is 4. The normalized spacial score (nSPS) is 38.0. The van der Waals surface area contributed by atoms with Crippen molar-refractivity contribution >= 4 is 35.4 Å². The highest BCUT2D eigenvalue weighted by atomic mass is 16.5. The highest BCUT2D eigenvalue weighted by Gasteiger charge is 2.76. The summed E-state index contributed by atoms with van der Waals surface area (Å²) < 4.78 is 18.8. The summed E-state index contributed by atoms with van der Waals surface area (Å²) in [5, 5.41) is 0. The van der Waals surface area contributed by atoms with Gasteiger partial charge < -0.3 is 18.9 Å². The Bertz CT molecular complexity index is 646. The van der Waals surface area contributed by atoms with Crippen LogP contribution in [-0.2, 0) is 47.7 Å². The van der Waals surface area contributed by atoms with E-state index in [2.05, 4.69) is 18.9 Å². The topological polar surface area (TPSA) is 139 Å². The molecule has 3 saturated carbocycles. The van der Waals surface area contributed by atoms with Gasteiger partial charge in [-0.15, -0.1) is 0 Å². The van der Waals surface area contributed by atoms with Crippen molar-refractivity contribution in [2.45, 2.75) is 0 Å². The van der Waals surface area contributed by atoms with Gasteiger partial charge in [-0.25, -0.2) is 0 Å². The molecule has 10 nitrogen and oxygen atoms in total. The van der Waals surface area contributed by atoms with E-state index in [0.717, 1.165) is 28.4 Å². The van der Waals surface area contributed by atoms with Gasteiger partial charge in [-0.3, -0.25) is 28.8 Å². The first-order chi connectivity index (χ1) is 13.3. The maximum Gasteiger partial charge on any atom is 0.310 e. The molecule has 152 valence electrons. The number of fused-ring (bicyclic) bond motifs is 2. The van der Waals surface area contributed by atoms with Gasteiger partial charge in [-0.1, -0.05) is 0 Å². The molecule has 3 fully saturated rings. The largest absolute Gasteiger partial charge is 0.469 e. The van der Waals surface area contributed by atoms with E-state index < -0.39 is 82.8 Å². The van der Waals surface area contributed by atoms with E-state index in [1.54, 1.807) is 0 Å².